The summed E-state index contributed by atoms with van der Waals surface area (Å²) in [5, 5.41) is 11.9. The van der Waals surface area contributed by atoms with Crippen LogP contribution in [0.4, 0.5) is 15.2 Å². The molecule has 1 fully saturated rings. The van der Waals surface area contributed by atoms with E-state index in [-0.39, 0.29) is 17.6 Å². The Hall–Kier alpha value is -2.06. The number of carbonyl (C=O) groups is 1. The molecular formula is C16H19FN4O2S. The van der Waals surface area contributed by atoms with Crippen LogP contribution in [0, 0.1) is 11.7 Å². The molecule has 0 aliphatic carbocycles. The standard InChI is InChI=1S/C16H19FN4O2S/c1-23-10-14-19-20-16(24-14)18-15(22)11-6-8-21(9-7-11)13-5-3-2-4-12(13)17/h2-5,11H,6-10H2,1H3,(H,18,20,22). The van der Waals surface area contributed by atoms with E-state index in [0.717, 1.165) is 5.01 Å². The molecule has 6 nitrogen and oxygen atoms in total. The van der Waals surface area contributed by atoms with Crippen LogP contribution in [0.15, 0.2) is 24.3 Å². The van der Waals surface area contributed by atoms with E-state index in [9.17, 15) is 9.18 Å². The van der Waals surface area contributed by atoms with Crippen LogP contribution in [-0.2, 0) is 16.1 Å². The van der Waals surface area contributed by atoms with Crippen molar-refractivity contribution >= 4 is 28.1 Å². The first-order chi connectivity index (χ1) is 11.7. The predicted molar refractivity (Wildman–Crippen MR) is 90.6 cm³/mol. The Labute approximate surface area is 143 Å². The number of methoxy groups -OCH3 is 1. The van der Waals surface area contributed by atoms with Crippen LogP contribution in [0.1, 0.15) is 17.8 Å². The maximum Gasteiger partial charge on any atom is 0.229 e. The lowest BCUT2D eigenvalue weighted by Crippen LogP contribution is -2.38. The van der Waals surface area contributed by atoms with Gasteiger partial charge in [-0.25, -0.2) is 4.39 Å². The number of rotatable bonds is 5. The number of halogens is 1. The zero-order valence-electron chi connectivity index (χ0n) is 13.4. The number of piperidine rings is 1. The molecule has 0 saturated carbocycles. The summed E-state index contributed by atoms with van der Waals surface area (Å²) in [6.45, 7) is 1.70. The molecule has 3 rings (SSSR count). The highest BCUT2D eigenvalue weighted by atomic mass is 32.1. The Morgan fingerprint density at radius 3 is 2.83 bits per heavy atom. The van der Waals surface area contributed by atoms with Gasteiger partial charge in [-0.3, -0.25) is 4.79 Å². The number of anilines is 2. The first kappa shape index (κ1) is 16.8. The van der Waals surface area contributed by atoms with Crippen LogP contribution in [0.2, 0.25) is 0 Å². The summed E-state index contributed by atoms with van der Waals surface area (Å²) in [6, 6.07) is 6.73. The molecule has 1 aliphatic rings. The Morgan fingerprint density at radius 2 is 2.12 bits per heavy atom. The maximum atomic E-state index is 13.8. The van der Waals surface area contributed by atoms with Crippen molar-refractivity contribution in [1.29, 1.82) is 0 Å². The van der Waals surface area contributed by atoms with Crippen LogP contribution in [-0.4, -0.2) is 36.3 Å². The summed E-state index contributed by atoms with van der Waals surface area (Å²) in [5.41, 5.74) is 0.602. The average Bonchev–Trinajstić information content (AvgIpc) is 3.03. The highest BCUT2D eigenvalue weighted by Crippen LogP contribution is 2.26. The van der Waals surface area contributed by atoms with E-state index in [0.29, 0.717) is 43.4 Å². The summed E-state index contributed by atoms with van der Waals surface area (Å²) in [4.78, 5) is 14.3. The third-order valence-corrected chi connectivity index (χ3v) is 4.84. The zero-order chi connectivity index (χ0) is 16.9. The molecule has 1 aromatic heterocycles. The third kappa shape index (κ3) is 3.88. The first-order valence-electron chi connectivity index (χ1n) is 7.79. The van der Waals surface area contributed by atoms with Crippen LogP contribution >= 0.6 is 11.3 Å². The van der Waals surface area contributed by atoms with Gasteiger partial charge in [0.15, 0.2) is 0 Å². The molecule has 1 amide bonds. The highest BCUT2D eigenvalue weighted by molar-refractivity contribution is 7.15. The average molecular weight is 350 g/mol. The number of nitrogens with one attached hydrogen (secondary N) is 1. The van der Waals surface area contributed by atoms with E-state index in [4.69, 9.17) is 4.74 Å². The van der Waals surface area contributed by atoms with Gasteiger partial charge in [0.2, 0.25) is 11.0 Å². The van der Waals surface area contributed by atoms with Crippen LogP contribution in [0.25, 0.3) is 0 Å². The molecule has 1 saturated heterocycles. The van der Waals surface area contributed by atoms with Gasteiger partial charge in [0.1, 0.15) is 17.4 Å². The number of hydrogen-bond donors (Lipinski definition) is 1. The normalized spacial score (nSPS) is 15.5. The molecule has 1 aliphatic heterocycles. The van der Waals surface area contributed by atoms with E-state index in [1.54, 1.807) is 19.2 Å². The largest absolute Gasteiger partial charge is 0.377 e. The van der Waals surface area contributed by atoms with Gasteiger partial charge in [-0.1, -0.05) is 23.5 Å². The Kier molecular flexibility index (Phi) is 5.37. The van der Waals surface area contributed by atoms with E-state index in [1.165, 1.54) is 17.4 Å². The molecule has 24 heavy (non-hydrogen) atoms. The summed E-state index contributed by atoms with van der Waals surface area (Å²) < 4.78 is 18.8. The third-order valence-electron chi connectivity index (χ3n) is 4.02. The van der Waals surface area contributed by atoms with Gasteiger partial charge in [-0.15, -0.1) is 10.2 Å². The van der Waals surface area contributed by atoms with E-state index >= 15 is 0 Å². The van der Waals surface area contributed by atoms with E-state index < -0.39 is 0 Å². The molecule has 128 valence electrons. The molecule has 2 heterocycles. The van der Waals surface area contributed by atoms with Gasteiger partial charge in [0.05, 0.1) is 5.69 Å². The predicted octanol–water partition coefficient (Wildman–Crippen LogP) is 2.68. The van der Waals surface area contributed by atoms with E-state index in [1.807, 2.05) is 11.0 Å². The van der Waals surface area contributed by atoms with Gasteiger partial charge in [0.25, 0.3) is 0 Å². The number of carbonyl (C=O) groups excluding carboxylic acids is 1. The molecule has 0 atom stereocenters. The number of hydrogen-bond acceptors (Lipinski definition) is 6. The fraction of sp³-hybridized carbons (Fsp3) is 0.438. The van der Waals surface area contributed by atoms with Crippen molar-refractivity contribution in [2.45, 2.75) is 19.4 Å². The summed E-state index contributed by atoms with van der Waals surface area (Å²) >= 11 is 1.31. The van der Waals surface area contributed by atoms with Crippen molar-refractivity contribution in [2.75, 3.05) is 30.4 Å². The monoisotopic (exact) mass is 350 g/mol. The number of amides is 1. The van der Waals surface area contributed by atoms with Crippen molar-refractivity contribution in [3.05, 3.63) is 35.1 Å². The minimum Gasteiger partial charge on any atom is -0.377 e. The Bertz CT molecular complexity index is 701. The number of benzene rings is 1. The van der Waals surface area contributed by atoms with Crippen LogP contribution in [0.3, 0.4) is 0 Å². The molecule has 0 bridgehead atoms. The topological polar surface area (TPSA) is 67.4 Å². The van der Waals surface area contributed by atoms with Gasteiger partial charge in [-0.05, 0) is 25.0 Å². The van der Waals surface area contributed by atoms with Crippen LogP contribution in [0.5, 0.6) is 0 Å². The smallest absolute Gasteiger partial charge is 0.229 e. The molecule has 1 N–H and O–H groups in total. The molecule has 0 spiro atoms. The Morgan fingerprint density at radius 1 is 1.38 bits per heavy atom. The SMILES string of the molecule is COCc1nnc(NC(=O)C2CCN(c3ccccc3F)CC2)s1. The van der Waals surface area contributed by atoms with Crippen LogP contribution < -0.4 is 10.2 Å². The van der Waals surface area contributed by atoms with Crippen molar-refractivity contribution in [3.63, 3.8) is 0 Å². The second kappa shape index (κ2) is 7.67. The lowest BCUT2D eigenvalue weighted by molar-refractivity contribution is -0.120. The lowest BCUT2D eigenvalue weighted by atomic mass is 9.95. The minimum atomic E-state index is -0.222. The number of para-hydroxylation sites is 1. The van der Waals surface area contributed by atoms with Gasteiger partial charge >= 0.3 is 0 Å². The quantitative estimate of drug-likeness (QED) is 0.898. The molecule has 1 aromatic carbocycles. The van der Waals surface area contributed by atoms with Crippen molar-refractivity contribution < 1.29 is 13.9 Å². The number of ether oxygens (including phenoxy) is 1. The van der Waals surface area contributed by atoms with Gasteiger partial charge in [-0.2, -0.15) is 0 Å². The highest BCUT2D eigenvalue weighted by Gasteiger charge is 2.26. The fourth-order valence-electron chi connectivity index (χ4n) is 2.78. The minimum absolute atomic E-state index is 0.0525. The fourth-order valence-corrected chi connectivity index (χ4v) is 3.50. The lowest BCUT2D eigenvalue weighted by Gasteiger charge is -2.33. The molecule has 0 radical (unpaired) electrons. The maximum absolute atomic E-state index is 13.8. The first-order valence-corrected chi connectivity index (χ1v) is 8.60. The second-order valence-corrected chi connectivity index (χ2v) is 6.70. The summed E-state index contributed by atoms with van der Waals surface area (Å²) in [6.07, 6.45) is 1.37. The number of nitrogens with zero attached hydrogens (tertiary/aromatic N) is 3. The van der Waals surface area contributed by atoms with Gasteiger partial charge < -0.3 is 15.0 Å². The van der Waals surface area contributed by atoms with Crippen molar-refractivity contribution in [2.24, 2.45) is 5.92 Å². The van der Waals surface area contributed by atoms with Gasteiger partial charge in [0, 0.05) is 26.1 Å². The van der Waals surface area contributed by atoms with Crippen molar-refractivity contribution in [1.82, 2.24) is 10.2 Å². The zero-order valence-corrected chi connectivity index (χ0v) is 14.2. The summed E-state index contributed by atoms with van der Waals surface area (Å²) in [7, 11) is 1.59. The molecule has 8 heteroatoms. The Balaban J connectivity index is 1.54. The molecular weight excluding hydrogens is 331 g/mol. The number of aromatic nitrogens is 2. The molecule has 2 aromatic rings. The second-order valence-electron chi connectivity index (χ2n) is 5.64. The van der Waals surface area contributed by atoms with E-state index in [2.05, 4.69) is 15.5 Å². The van der Waals surface area contributed by atoms with Crippen molar-refractivity contribution in [3.8, 4) is 0 Å². The molecule has 0 unspecified atom stereocenters. The summed E-state index contributed by atoms with van der Waals surface area (Å²) in [5.74, 6) is -0.369.